The third-order valence-electron chi connectivity index (χ3n) is 3.71. The van der Waals surface area contributed by atoms with Gasteiger partial charge in [0.25, 0.3) is 0 Å². The van der Waals surface area contributed by atoms with Crippen molar-refractivity contribution in [2.75, 3.05) is 33.4 Å². The molecule has 16 heavy (non-hydrogen) atoms. The molecule has 1 spiro atoms. The van der Waals surface area contributed by atoms with Crippen molar-refractivity contribution in [2.45, 2.75) is 19.3 Å². The van der Waals surface area contributed by atoms with Gasteiger partial charge in [-0.3, -0.25) is 4.79 Å². The number of carbonyl (C=O) groups is 1. The maximum Gasteiger partial charge on any atom is 0.223 e. The SMILES string of the molecule is COCCNC(=O)C1CC12CCNCC2.Cl. The molecular weight excluding hydrogens is 228 g/mol. The van der Waals surface area contributed by atoms with E-state index in [1.54, 1.807) is 7.11 Å². The fourth-order valence-electron chi connectivity index (χ4n) is 2.60. The van der Waals surface area contributed by atoms with Gasteiger partial charge in [0.1, 0.15) is 0 Å². The topological polar surface area (TPSA) is 50.4 Å². The zero-order valence-electron chi connectivity index (χ0n) is 9.75. The number of carbonyl (C=O) groups excluding carboxylic acids is 1. The number of hydrogen-bond acceptors (Lipinski definition) is 3. The van der Waals surface area contributed by atoms with Crippen LogP contribution in [0.15, 0.2) is 0 Å². The summed E-state index contributed by atoms with van der Waals surface area (Å²) in [5.41, 5.74) is 0.350. The van der Waals surface area contributed by atoms with E-state index in [4.69, 9.17) is 4.74 Å². The second-order valence-electron chi connectivity index (χ2n) is 4.65. The largest absolute Gasteiger partial charge is 0.383 e. The van der Waals surface area contributed by atoms with Gasteiger partial charge in [0.2, 0.25) is 5.91 Å². The number of methoxy groups -OCH3 is 1. The molecule has 0 aromatic heterocycles. The van der Waals surface area contributed by atoms with Crippen LogP contribution in [-0.4, -0.2) is 39.3 Å². The highest BCUT2D eigenvalue weighted by Crippen LogP contribution is 2.58. The molecule has 2 rings (SSSR count). The summed E-state index contributed by atoms with van der Waals surface area (Å²) in [4.78, 5) is 11.8. The molecule has 1 aliphatic carbocycles. The molecule has 1 aliphatic heterocycles. The second kappa shape index (κ2) is 5.84. The molecule has 0 aromatic carbocycles. The van der Waals surface area contributed by atoms with Gasteiger partial charge in [0.15, 0.2) is 0 Å². The highest BCUT2D eigenvalue weighted by molar-refractivity contribution is 5.85. The van der Waals surface area contributed by atoms with Crippen LogP contribution in [0.25, 0.3) is 0 Å². The zero-order valence-corrected chi connectivity index (χ0v) is 10.6. The number of piperidine rings is 1. The zero-order chi connectivity index (χ0) is 10.7. The van der Waals surface area contributed by atoms with E-state index < -0.39 is 0 Å². The summed E-state index contributed by atoms with van der Waals surface area (Å²) in [5, 5.41) is 6.27. The molecule has 4 nitrogen and oxygen atoms in total. The predicted molar refractivity (Wildman–Crippen MR) is 64.8 cm³/mol. The van der Waals surface area contributed by atoms with Gasteiger partial charge in [0.05, 0.1) is 6.61 Å². The molecule has 1 saturated carbocycles. The van der Waals surface area contributed by atoms with Crippen LogP contribution in [0.1, 0.15) is 19.3 Å². The molecule has 1 heterocycles. The first-order valence-electron chi connectivity index (χ1n) is 5.76. The highest BCUT2D eigenvalue weighted by Gasteiger charge is 2.57. The minimum Gasteiger partial charge on any atom is -0.383 e. The summed E-state index contributed by atoms with van der Waals surface area (Å²) >= 11 is 0. The maximum absolute atomic E-state index is 11.8. The molecule has 1 saturated heterocycles. The Morgan fingerprint density at radius 3 is 2.81 bits per heavy atom. The fourth-order valence-corrected chi connectivity index (χ4v) is 2.60. The van der Waals surface area contributed by atoms with Gasteiger partial charge in [-0.15, -0.1) is 12.4 Å². The Balaban J connectivity index is 0.00000128. The molecule has 1 amide bonds. The van der Waals surface area contributed by atoms with Crippen molar-refractivity contribution in [1.29, 1.82) is 0 Å². The predicted octanol–water partition coefficient (Wildman–Crippen LogP) is 0.560. The lowest BCUT2D eigenvalue weighted by Crippen LogP contribution is -2.34. The number of nitrogens with one attached hydrogen (secondary N) is 2. The second-order valence-corrected chi connectivity index (χ2v) is 4.65. The molecule has 0 radical (unpaired) electrons. The van der Waals surface area contributed by atoms with E-state index in [0.29, 0.717) is 18.6 Å². The van der Waals surface area contributed by atoms with Crippen LogP contribution in [0.4, 0.5) is 0 Å². The fraction of sp³-hybridized carbons (Fsp3) is 0.909. The molecule has 2 fully saturated rings. The van der Waals surface area contributed by atoms with E-state index in [0.717, 1.165) is 32.4 Å². The van der Waals surface area contributed by atoms with Crippen LogP contribution in [0, 0.1) is 11.3 Å². The Morgan fingerprint density at radius 2 is 2.19 bits per heavy atom. The van der Waals surface area contributed by atoms with E-state index in [9.17, 15) is 4.79 Å². The Bertz CT molecular complexity index is 242. The number of halogens is 1. The summed E-state index contributed by atoms with van der Waals surface area (Å²) in [5.74, 6) is 0.505. The monoisotopic (exact) mass is 248 g/mol. The molecular formula is C11H21ClN2O2. The number of ether oxygens (including phenoxy) is 1. The molecule has 94 valence electrons. The van der Waals surface area contributed by atoms with Crippen LogP contribution < -0.4 is 10.6 Å². The van der Waals surface area contributed by atoms with Crippen LogP contribution in [-0.2, 0) is 9.53 Å². The molecule has 1 atom stereocenters. The van der Waals surface area contributed by atoms with E-state index in [-0.39, 0.29) is 24.2 Å². The number of amides is 1. The lowest BCUT2D eigenvalue weighted by Gasteiger charge is -2.23. The van der Waals surface area contributed by atoms with E-state index >= 15 is 0 Å². The van der Waals surface area contributed by atoms with Gasteiger partial charge in [-0.25, -0.2) is 0 Å². The first-order valence-corrected chi connectivity index (χ1v) is 5.76. The van der Waals surface area contributed by atoms with Crippen molar-refractivity contribution in [2.24, 2.45) is 11.3 Å². The van der Waals surface area contributed by atoms with Gasteiger partial charge < -0.3 is 15.4 Å². The first-order chi connectivity index (χ1) is 7.28. The van der Waals surface area contributed by atoms with Gasteiger partial charge in [-0.2, -0.15) is 0 Å². The van der Waals surface area contributed by atoms with E-state index in [1.165, 1.54) is 0 Å². The minimum absolute atomic E-state index is 0. The summed E-state index contributed by atoms with van der Waals surface area (Å²) in [6.07, 6.45) is 3.41. The van der Waals surface area contributed by atoms with Gasteiger partial charge in [-0.1, -0.05) is 0 Å². The Labute approximate surface area is 103 Å². The first kappa shape index (κ1) is 13.7. The highest BCUT2D eigenvalue weighted by atomic mass is 35.5. The molecule has 1 unspecified atom stereocenters. The molecule has 2 aliphatic rings. The molecule has 2 N–H and O–H groups in total. The van der Waals surface area contributed by atoms with Crippen molar-refractivity contribution in [3.05, 3.63) is 0 Å². The Hall–Kier alpha value is -0.320. The lowest BCUT2D eigenvalue weighted by atomic mass is 9.92. The summed E-state index contributed by atoms with van der Waals surface area (Å²) in [6, 6.07) is 0. The van der Waals surface area contributed by atoms with Crippen molar-refractivity contribution in [1.82, 2.24) is 10.6 Å². The van der Waals surface area contributed by atoms with Crippen molar-refractivity contribution in [3.8, 4) is 0 Å². The van der Waals surface area contributed by atoms with E-state index in [1.807, 2.05) is 0 Å². The molecule has 0 bridgehead atoms. The smallest absolute Gasteiger partial charge is 0.223 e. The minimum atomic E-state index is 0. The van der Waals surface area contributed by atoms with Crippen molar-refractivity contribution in [3.63, 3.8) is 0 Å². The maximum atomic E-state index is 11.8. The van der Waals surface area contributed by atoms with Crippen LogP contribution >= 0.6 is 12.4 Å². The van der Waals surface area contributed by atoms with Gasteiger partial charge in [0, 0.05) is 19.6 Å². The normalized spacial score (nSPS) is 25.9. The van der Waals surface area contributed by atoms with Gasteiger partial charge >= 0.3 is 0 Å². The molecule has 5 heteroatoms. The van der Waals surface area contributed by atoms with Crippen LogP contribution in [0.2, 0.25) is 0 Å². The standard InChI is InChI=1S/C11H20N2O2.ClH/c1-15-7-6-13-10(14)9-8-11(9)2-4-12-5-3-11;/h9,12H,2-8H2,1H3,(H,13,14);1H. The van der Waals surface area contributed by atoms with Crippen molar-refractivity contribution >= 4 is 18.3 Å². The summed E-state index contributed by atoms with van der Waals surface area (Å²) < 4.78 is 4.90. The quantitative estimate of drug-likeness (QED) is 0.715. The van der Waals surface area contributed by atoms with E-state index in [2.05, 4.69) is 10.6 Å². The van der Waals surface area contributed by atoms with Gasteiger partial charge in [-0.05, 0) is 37.8 Å². The van der Waals surface area contributed by atoms with Crippen molar-refractivity contribution < 1.29 is 9.53 Å². The average molecular weight is 249 g/mol. The third-order valence-corrected chi connectivity index (χ3v) is 3.71. The summed E-state index contributed by atoms with van der Waals surface area (Å²) in [6.45, 7) is 3.39. The summed E-state index contributed by atoms with van der Waals surface area (Å²) in [7, 11) is 1.65. The Kier molecular flexibility index (Phi) is 5.02. The number of hydrogen-bond donors (Lipinski definition) is 2. The number of rotatable bonds is 4. The molecule has 0 aromatic rings. The Morgan fingerprint density at radius 1 is 1.50 bits per heavy atom. The van der Waals surface area contributed by atoms with Crippen LogP contribution in [0.5, 0.6) is 0 Å². The average Bonchev–Trinajstić information content (AvgIpc) is 2.94. The third kappa shape index (κ3) is 2.87. The lowest BCUT2D eigenvalue weighted by molar-refractivity contribution is -0.123. The van der Waals surface area contributed by atoms with Crippen LogP contribution in [0.3, 0.4) is 0 Å².